The summed E-state index contributed by atoms with van der Waals surface area (Å²) >= 11 is 5.97. The van der Waals surface area contributed by atoms with Gasteiger partial charge in [0.2, 0.25) is 0 Å². The Kier molecular flexibility index (Phi) is 7.15. The molecule has 2 rings (SSSR count). The molecule has 1 saturated heterocycles. The fourth-order valence-corrected chi connectivity index (χ4v) is 3.00. The van der Waals surface area contributed by atoms with Crippen LogP contribution < -0.4 is 10.6 Å². The van der Waals surface area contributed by atoms with E-state index >= 15 is 0 Å². The van der Waals surface area contributed by atoms with E-state index in [9.17, 15) is 4.79 Å². The molecule has 5 nitrogen and oxygen atoms in total. The second-order valence-electron chi connectivity index (χ2n) is 5.95. The van der Waals surface area contributed by atoms with Gasteiger partial charge in [0.05, 0.1) is 12.1 Å². The molecule has 1 aliphatic heterocycles. The zero-order valence-electron chi connectivity index (χ0n) is 13.8. The summed E-state index contributed by atoms with van der Waals surface area (Å²) in [6, 6.07) is 7.31. The SMILES string of the molecule is COC1CCN(CCNC(=O)NC(C)c2cccc(Cl)c2)CC1. The Morgan fingerprint density at radius 2 is 2.17 bits per heavy atom. The standard InChI is InChI=1S/C17H26ClN3O2/c1-13(14-4-3-5-15(18)12-14)20-17(22)19-8-11-21-9-6-16(23-2)7-10-21/h3-5,12-13,16H,6-11H2,1-2H3,(H2,19,20,22). The molecule has 23 heavy (non-hydrogen) atoms. The van der Waals surface area contributed by atoms with Gasteiger partial charge in [-0.2, -0.15) is 0 Å². The van der Waals surface area contributed by atoms with E-state index in [-0.39, 0.29) is 12.1 Å². The molecule has 0 spiro atoms. The maximum absolute atomic E-state index is 12.0. The van der Waals surface area contributed by atoms with Gasteiger partial charge < -0.3 is 20.3 Å². The molecule has 2 amide bonds. The van der Waals surface area contributed by atoms with Crippen LogP contribution in [0.3, 0.4) is 0 Å². The number of nitrogens with zero attached hydrogens (tertiary/aromatic N) is 1. The number of amides is 2. The number of likely N-dealkylation sites (tertiary alicyclic amines) is 1. The Bertz CT molecular complexity index is 504. The predicted molar refractivity (Wildman–Crippen MR) is 92.9 cm³/mol. The topological polar surface area (TPSA) is 53.6 Å². The summed E-state index contributed by atoms with van der Waals surface area (Å²) in [7, 11) is 1.77. The minimum atomic E-state index is -0.149. The molecule has 128 valence electrons. The number of hydrogen-bond donors (Lipinski definition) is 2. The number of rotatable bonds is 6. The lowest BCUT2D eigenvalue weighted by Gasteiger charge is -2.31. The predicted octanol–water partition coefficient (Wildman–Crippen LogP) is 2.81. The minimum Gasteiger partial charge on any atom is -0.381 e. The van der Waals surface area contributed by atoms with E-state index in [1.807, 2.05) is 31.2 Å². The largest absolute Gasteiger partial charge is 0.381 e. The number of carbonyl (C=O) groups is 1. The van der Waals surface area contributed by atoms with Crippen molar-refractivity contribution in [3.8, 4) is 0 Å². The highest BCUT2D eigenvalue weighted by Gasteiger charge is 2.18. The van der Waals surface area contributed by atoms with Crippen LogP contribution in [0.2, 0.25) is 5.02 Å². The number of benzene rings is 1. The minimum absolute atomic E-state index is 0.0776. The first-order valence-corrected chi connectivity index (χ1v) is 8.51. The molecule has 1 aromatic carbocycles. The van der Waals surface area contributed by atoms with Crippen LogP contribution in [0.1, 0.15) is 31.4 Å². The Labute approximate surface area is 143 Å². The summed E-state index contributed by atoms with van der Waals surface area (Å²) < 4.78 is 5.36. The third-order valence-corrected chi connectivity index (χ3v) is 4.51. The van der Waals surface area contributed by atoms with E-state index in [1.54, 1.807) is 7.11 Å². The van der Waals surface area contributed by atoms with Crippen LogP contribution in [-0.4, -0.2) is 50.3 Å². The number of carbonyl (C=O) groups excluding carboxylic acids is 1. The van der Waals surface area contributed by atoms with E-state index in [2.05, 4.69) is 15.5 Å². The second kappa shape index (κ2) is 9.11. The molecule has 1 aromatic rings. The van der Waals surface area contributed by atoms with Gasteiger partial charge in [-0.3, -0.25) is 0 Å². The second-order valence-corrected chi connectivity index (χ2v) is 6.39. The molecule has 1 unspecified atom stereocenters. The molecule has 1 fully saturated rings. The average Bonchev–Trinajstić information content (AvgIpc) is 2.55. The Morgan fingerprint density at radius 3 is 2.83 bits per heavy atom. The Hall–Kier alpha value is -1.30. The van der Waals surface area contributed by atoms with Crippen molar-refractivity contribution in [2.24, 2.45) is 0 Å². The van der Waals surface area contributed by atoms with Gasteiger partial charge in [0.1, 0.15) is 0 Å². The van der Waals surface area contributed by atoms with Crippen molar-refractivity contribution in [3.63, 3.8) is 0 Å². The highest BCUT2D eigenvalue weighted by molar-refractivity contribution is 6.30. The van der Waals surface area contributed by atoms with Crippen LogP contribution in [0.5, 0.6) is 0 Å². The first-order valence-electron chi connectivity index (χ1n) is 8.13. The number of piperidine rings is 1. The molecular weight excluding hydrogens is 314 g/mol. The number of hydrogen-bond acceptors (Lipinski definition) is 3. The zero-order chi connectivity index (χ0) is 16.7. The molecule has 0 aliphatic carbocycles. The highest BCUT2D eigenvalue weighted by Crippen LogP contribution is 2.17. The zero-order valence-corrected chi connectivity index (χ0v) is 14.6. The summed E-state index contributed by atoms with van der Waals surface area (Å²) in [5.41, 5.74) is 0.995. The molecule has 0 aromatic heterocycles. The van der Waals surface area contributed by atoms with E-state index in [0.717, 1.165) is 38.0 Å². The monoisotopic (exact) mass is 339 g/mol. The quantitative estimate of drug-likeness (QED) is 0.838. The van der Waals surface area contributed by atoms with Gasteiger partial charge in [0, 0.05) is 38.3 Å². The molecule has 1 aliphatic rings. The first-order chi connectivity index (χ1) is 11.1. The summed E-state index contributed by atoms with van der Waals surface area (Å²) in [4.78, 5) is 14.3. The van der Waals surface area contributed by atoms with E-state index in [0.29, 0.717) is 17.7 Å². The lowest BCUT2D eigenvalue weighted by molar-refractivity contribution is 0.0416. The van der Waals surface area contributed by atoms with Crippen molar-refractivity contribution < 1.29 is 9.53 Å². The fourth-order valence-electron chi connectivity index (χ4n) is 2.80. The van der Waals surface area contributed by atoms with Crippen LogP contribution in [0.25, 0.3) is 0 Å². The van der Waals surface area contributed by atoms with Gasteiger partial charge in [-0.25, -0.2) is 4.79 Å². The van der Waals surface area contributed by atoms with Crippen LogP contribution >= 0.6 is 11.6 Å². The van der Waals surface area contributed by atoms with Crippen molar-refractivity contribution in [2.75, 3.05) is 33.3 Å². The van der Waals surface area contributed by atoms with E-state index in [4.69, 9.17) is 16.3 Å². The molecule has 0 radical (unpaired) electrons. The third-order valence-electron chi connectivity index (χ3n) is 4.28. The van der Waals surface area contributed by atoms with Gasteiger partial charge in [0.15, 0.2) is 0 Å². The van der Waals surface area contributed by atoms with E-state index < -0.39 is 0 Å². The van der Waals surface area contributed by atoms with Crippen molar-refractivity contribution >= 4 is 17.6 Å². The van der Waals surface area contributed by atoms with Gasteiger partial charge in [-0.15, -0.1) is 0 Å². The molecule has 0 bridgehead atoms. The maximum Gasteiger partial charge on any atom is 0.315 e. The van der Waals surface area contributed by atoms with Crippen molar-refractivity contribution in [3.05, 3.63) is 34.9 Å². The molecule has 1 heterocycles. The van der Waals surface area contributed by atoms with Gasteiger partial charge in [0.25, 0.3) is 0 Å². The van der Waals surface area contributed by atoms with Crippen LogP contribution in [0.4, 0.5) is 4.79 Å². The van der Waals surface area contributed by atoms with E-state index in [1.165, 1.54) is 0 Å². The van der Waals surface area contributed by atoms with Crippen molar-refractivity contribution in [1.29, 1.82) is 0 Å². The molecule has 2 N–H and O–H groups in total. The molecule has 0 saturated carbocycles. The maximum atomic E-state index is 12.0. The smallest absolute Gasteiger partial charge is 0.315 e. The summed E-state index contributed by atoms with van der Waals surface area (Å²) in [6.45, 7) is 5.52. The highest BCUT2D eigenvalue weighted by atomic mass is 35.5. The lowest BCUT2D eigenvalue weighted by atomic mass is 10.1. The summed E-state index contributed by atoms with van der Waals surface area (Å²) in [6.07, 6.45) is 2.52. The van der Waals surface area contributed by atoms with Gasteiger partial charge >= 0.3 is 6.03 Å². The van der Waals surface area contributed by atoms with Crippen molar-refractivity contribution in [1.82, 2.24) is 15.5 Å². The van der Waals surface area contributed by atoms with Crippen LogP contribution in [0.15, 0.2) is 24.3 Å². The summed E-state index contributed by atoms with van der Waals surface area (Å²) in [5, 5.41) is 6.52. The number of urea groups is 1. The fraction of sp³-hybridized carbons (Fsp3) is 0.588. The number of halogens is 1. The lowest BCUT2D eigenvalue weighted by Crippen LogP contribution is -2.44. The first kappa shape index (κ1) is 18.0. The van der Waals surface area contributed by atoms with Crippen LogP contribution in [-0.2, 0) is 4.74 Å². The van der Waals surface area contributed by atoms with Crippen molar-refractivity contribution in [2.45, 2.75) is 31.9 Å². The molecule has 6 heteroatoms. The third kappa shape index (κ3) is 6.01. The Balaban J connectivity index is 1.65. The Morgan fingerprint density at radius 1 is 1.43 bits per heavy atom. The average molecular weight is 340 g/mol. The number of methoxy groups -OCH3 is 1. The number of nitrogens with one attached hydrogen (secondary N) is 2. The number of ether oxygens (including phenoxy) is 1. The molecule has 1 atom stereocenters. The normalized spacial score (nSPS) is 17.7. The van der Waals surface area contributed by atoms with Crippen LogP contribution in [0, 0.1) is 0 Å². The molecular formula is C17H26ClN3O2. The van der Waals surface area contributed by atoms with Gasteiger partial charge in [-0.05, 0) is 37.5 Å². The van der Waals surface area contributed by atoms with Gasteiger partial charge in [-0.1, -0.05) is 23.7 Å². The summed E-state index contributed by atoms with van der Waals surface area (Å²) in [5.74, 6) is 0.